The summed E-state index contributed by atoms with van der Waals surface area (Å²) in [6, 6.07) is 2.34. The molecule has 0 unspecified atom stereocenters. The Morgan fingerprint density at radius 1 is 1.25 bits per heavy atom. The van der Waals surface area contributed by atoms with Crippen LogP contribution in [0.2, 0.25) is 0 Å². The van der Waals surface area contributed by atoms with Gasteiger partial charge in [0.15, 0.2) is 0 Å². The van der Waals surface area contributed by atoms with E-state index in [-0.39, 0.29) is 29.7 Å². The first-order valence-corrected chi connectivity index (χ1v) is 10.6. The molecule has 1 N–H and O–H groups in total. The smallest absolute Gasteiger partial charge is 0.370 e. The van der Waals surface area contributed by atoms with E-state index in [4.69, 9.17) is 4.74 Å². The minimum absolute atomic E-state index is 0.0581. The van der Waals surface area contributed by atoms with E-state index in [1.54, 1.807) is 4.90 Å². The molecule has 5 rings (SSSR count). The highest BCUT2D eigenvalue weighted by atomic mass is 19.4. The van der Waals surface area contributed by atoms with Crippen molar-refractivity contribution in [1.29, 1.82) is 0 Å². The zero-order valence-electron chi connectivity index (χ0n) is 17.5. The number of ether oxygens (including phenoxy) is 1. The fraction of sp³-hybridized carbons (Fsp3) is 0.571. The SMILES string of the molecule is C[C@@]12CN(C(=O)N3CC(OCc4ccc(C(F)(F)F)cc4F)C3)C[C@@H]1CCc1n[nH]nc12. The number of nitrogens with zero attached hydrogens (tertiary/aromatic N) is 4. The monoisotopic (exact) mass is 453 g/mol. The van der Waals surface area contributed by atoms with Crippen LogP contribution in [0.15, 0.2) is 18.2 Å². The number of aromatic nitrogens is 3. The predicted octanol–water partition coefficient (Wildman–Crippen LogP) is 3.12. The van der Waals surface area contributed by atoms with Gasteiger partial charge in [0.1, 0.15) is 5.82 Å². The maximum Gasteiger partial charge on any atom is 0.416 e. The molecule has 0 radical (unpaired) electrons. The lowest BCUT2D eigenvalue weighted by Crippen LogP contribution is -2.58. The average Bonchev–Trinajstić information content (AvgIpc) is 3.31. The minimum Gasteiger partial charge on any atom is -0.370 e. The zero-order valence-corrected chi connectivity index (χ0v) is 17.5. The summed E-state index contributed by atoms with van der Waals surface area (Å²) in [6.45, 7) is 3.97. The summed E-state index contributed by atoms with van der Waals surface area (Å²) in [5, 5.41) is 11.3. The van der Waals surface area contributed by atoms with Crippen LogP contribution in [0.5, 0.6) is 0 Å². The number of amides is 2. The number of H-pyrrole nitrogens is 1. The lowest BCUT2D eigenvalue weighted by Gasteiger charge is -2.41. The van der Waals surface area contributed by atoms with E-state index in [1.807, 2.05) is 4.90 Å². The highest BCUT2D eigenvalue weighted by molar-refractivity contribution is 5.76. The summed E-state index contributed by atoms with van der Waals surface area (Å²) >= 11 is 0. The molecule has 172 valence electrons. The fourth-order valence-electron chi connectivity index (χ4n) is 5.02. The summed E-state index contributed by atoms with van der Waals surface area (Å²) < 4.78 is 57.5. The first-order valence-electron chi connectivity index (χ1n) is 10.6. The number of fused-ring (bicyclic) bond motifs is 3. The summed E-state index contributed by atoms with van der Waals surface area (Å²) in [5.41, 5.74) is 0.745. The molecule has 3 heterocycles. The summed E-state index contributed by atoms with van der Waals surface area (Å²) in [5.74, 6) is -0.618. The van der Waals surface area contributed by atoms with Crippen LogP contribution >= 0.6 is 0 Å². The summed E-state index contributed by atoms with van der Waals surface area (Å²) in [7, 11) is 0. The van der Waals surface area contributed by atoms with E-state index in [9.17, 15) is 22.4 Å². The molecular weight excluding hydrogens is 430 g/mol. The molecule has 2 atom stereocenters. The van der Waals surface area contributed by atoms with Crippen molar-refractivity contribution in [2.45, 2.75) is 44.1 Å². The van der Waals surface area contributed by atoms with Crippen molar-refractivity contribution >= 4 is 6.03 Å². The highest BCUT2D eigenvalue weighted by Crippen LogP contribution is 2.45. The van der Waals surface area contributed by atoms with Crippen molar-refractivity contribution in [1.82, 2.24) is 25.2 Å². The number of alkyl halides is 3. The number of hydrogen-bond acceptors (Lipinski definition) is 4. The second-order valence-electron chi connectivity index (χ2n) is 9.08. The number of rotatable bonds is 3. The second kappa shape index (κ2) is 7.43. The number of hydrogen-bond donors (Lipinski definition) is 1. The number of benzene rings is 1. The van der Waals surface area contributed by atoms with Gasteiger partial charge in [-0.3, -0.25) is 0 Å². The van der Waals surface area contributed by atoms with E-state index >= 15 is 0 Å². The number of carbonyl (C=O) groups excluding carboxylic acids is 1. The number of nitrogens with one attached hydrogen (secondary N) is 1. The lowest BCUT2D eigenvalue weighted by molar-refractivity contribution is -0.137. The van der Waals surface area contributed by atoms with Crippen LogP contribution in [-0.4, -0.2) is 63.5 Å². The molecule has 2 aromatic rings. The molecule has 11 heteroatoms. The average molecular weight is 453 g/mol. The van der Waals surface area contributed by atoms with Crippen LogP contribution in [-0.2, 0) is 29.4 Å². The topological polar surface area (TPSA) is 74.3 Å². The maximum atomic E-state index is 14.0. The Labute approximate surface area is 181 Å². The Bertz CT molecular complexity index is 1040. The van der Waals surface area contributed by atoms with Gasteiger partial charge >= 0.3 is 12.2 Å². The number of halogens is 4. The van der Waals surface area contributed by atoms with E-state index in [2.05, 4.69) is 22.3 Å². The molecule has 1 aromatic carbocycles. The van der Waals surface area contributed by atoms with Crippen molar-refractivity contribution in [2.24, 2.45) is 5.92 Å². The van der Waals surface area contributed by atoms with Crippen LogP contribution in [0.25, 0.3) is 0 Å². The Hall–Kier alpha value is -2.69. The summed E-state index contributed by atoms with van der Waals surface area (Å²) in [4.78, 5) is 16.5. The van der Waals surface area contributed by atoms with E-state index in [1.165, 1.54) is 0 Å². The van der Waals surface area contributed by atoms with Gasteiger partial charge in [-0.1, -0.05) is 13.0 Å². The molecule has 0 saturated carbocycles. The molecule has 2 saturated heterocycles. The van der Waals surface area contributed by atoms with Crippen LogP contribution in [0.1, 0.15) is 35.9 Å². The number of likely N-dealkylation sites (tertiary alicyclic amines) is 2. The first kappa shape index (κ1) is 21.2. The molecule has 0 bridgehead atoms. The molecule has 1 aliphatic carbocycles. The fourth-order valence-corrected chi connectivity index (χ4v) is 5.02. The second-order valence-corrected chi connectivity index (χ2v) is 9.08. The summed E-state index contributed by atoms with van der Waals surface area (Å²) in [6.07, 6.45) is -3.05. The van der Waals surface area contributed by atoms with Gasteiger partial charge in [0.2, 0.25) is 0 Å². The molecule has 2 amide bonds. The third kappa shape index (κ3) is 3.52. The van der Waals surface area contributed by atoms with Crippen molar-refractivity contribution in [3.05, 3.63) is 46.5 Å². The van der Waals surface area contributed by atoms with Gasteiger partial charge in [0, 0.05) is 24.1 Å². The maximum absolute atomic E-state index is 14.0. The minimum atomic E-state index is -4.59. The van der Waals surface area contributed by atoms with E-state index in [0.29, 0.717) is 38.2 Å². The normalized spacial score (nSPS) is 25.5. The van der Waals surface area contributed by atoms with Crippen molar-refractivity contribution in [3.63, 3.8) is 0 Å². The van der Waals surface area contributed by atoms with Crippen LogP contribution < -0.4 is 0 Å². The van der Waals surface area contributed by atoms with Gasteiger partial charge in [0.05, 0.1) is 42.8 Å². The first-order chi connectivity index (χ1) is 15.1. The van der Waals surface area contributed by atoms with Crippen LogP contribution in [0.4, 0.5) is 22.4 Å². The third-order valence-electron chi connectivity index (χ3n) is 7.00. The number of aromatic amines is 1. The van der Waals surface area contributed by atoms with Crippen molar-refractivity contribution < 1.29 is 27.1 Å². The lowest BCUT2D eigenvalue weighted by atomic mass is 9.70. The Balaban J connectivity index is 1.14. The predicted molar refractivity (Wildman–Crippen MR) is 104 cm³/mol. The Kier molecular flexibility index (Phi) is 4.92. The van der Waals surface area contributed by atoms with Gasteiger partial charge in [-0.05, 0) is 30.9 Å². The van der Waals surface area contributed by atoms with Crippen molar-refractivity contribution in [3.8, 4) is 0 Å². The standard InChI is InChI=1S/C21H23F4N5O2/c1-20-11-30(7-14(20)4-5-17-18(20)27-28-26-17)19(31)29-8-15(9-29)32-10-12-2-3-13(6-16(12)22)21(23,24)25/h2-3,6,14-15H,4-5,7-11H2,1H3,(H,26,27,28)/t14-,20+/m0/s1. The van der Waals surface area contributed by atoms with Crippen LogP contribution in [0.3, 0.4) is 0 Å². The molecule has 1 aromatic heterocycles. The van der Waals surface area contributed by atoms with Gasteiger partial charge in [-0.2, -0.15) is 28.6 Å². The largest absolute Gasteiger partial charge is 0.416 e. The molecule has 3 aliphatic rings. The molecule has 0 spiro atoms. The Morgan fingerprint density at radius 2 is 2.03 bits per heavy atom. The highest BCUT2D eigenvalue weighted by Gasteiger charge is 2.51. The van der Waals surface area contributed by atoms with Gasteiger partial charge in [-0.25, -0.2) is 9.18 Å². The van der Waals surface area contributed by atoms with Gasteiger partial charge in [0.25, 0.3) is 0 Å². The number of carbonyl (C=O) groups is 1. The zero-order chi connectivity index (χ0) is 22.7. The third-order valence-corrected chi connectivity index (χ3v) is 7.00. The molecule has 32 heavy (non-hydrogen) atoms. The van der Waals surface area contributed by atoms with E-state index < -0.39 is 17.6 Å². The van der Waals surface area contributed by atoms with Gasteiger partial charge < -0.3 is 14.5 Å². The number of aryl methyl sites for hydroxylation is 1. The van der Waals surface area contributed by atoms with E-state index in [0.717, 1.165) is 36.4 Å². The van der Waals surface area contributed by atoms with Crippen molar-refractivity contribution in [2.75, 3.05) is 26.2 Å². The number of urea groups is 1. The van der Waals surface area contributed by atoms with Gasteiger partial charge in [-0.15, -0.1) is 0 Å². The van der Waals surface area contributed by atoms with Crippen LogP contribution in [0, 0.1) is 11.7 Å². The molecule has 7 nitrogen and oxygen atoms in total. The quantitative estimate of drug-likeness (QED) is 0.725. The molecular formula is C21H23F4N5O2. The molecule has 2 fully saturated rings. The Morgan fingerprint density at radius 3 is 2.75 bits per heavy atom. The molecule has 2 aliphatic heterocycles.